The summed E-state index contributed by atoms with van der Waals surface area (Å²) in [4.78, 5) is 35.7. The van der Waals surface area contributed by atoms with Crippen LogP contribution in [0.25, 0.3) is 0 Å². The first-order valence-electron chi connectivity index (χ1n) is 7.31. The fourth-order valence-corrected chi connectivity index (χ4v) is 2.31. The van der Waals surface area contributed by atoms with Crippen LogP contribution in [-0.2, 0) is 25.0 Å². The van der Waals surface area contributed by atoms with Crippen LogP contribution in [0.15, 0.2) is 60.7 Å². The largest absolute Gasteiger partial charge is 0.369 e. The van der Waals surface area contributed by atoms with E-state index in [1.165, 1.54) is 31.2 Å². The molecule has 0 heterocycles. The van der Waals surface area contributed by atoms with Crippen LogP contribution in [0.2, 0.25) is 0 Å². The smallest absolute Gasteiger partial charge is 0.271 e. The average molecular weight is 329 g/mol. The summed E-state index contributed by atoms with van der Waals surface area (Å²) in [5, 5.41) is 11.0. The van der Waals surface area contributed by atoms with E-state index in [9.17, 15) is 14.7 Å². The molecule has 1 amide bonds. The van der Waals surface area contributed by atoms with Crippen molar-refractivity contribution in [1.29, 1.82) is 0 Å². The quantitative estimate of drug-likeness (QED) is 0.475. The van der Waals surface area contributed by atoms with Gasteiger partial charge in [-0.25, -0.2) is 9.78 Å². The fourth-order valence-electron chi connectivity index (χ4n) is 2.31. The summed E-state index contributed by atoms with van der Waals surface area (Å²) in [5.74, 6) is -1.59. The molecule has 2 aromatic carbocycles. The van der Waals surface area contributed by atoms with Crippen molar-refractivity contribution in [3.05, 3.63) is 66.2 Å². The second-order valence-corrected chi connectivity index (χ2v) is 5.13. The standard InChI is InChI=1S/C18H19NO5/c1-19(15-11-7-4-8-12-15)17(21)18(22,16(20)13-24-23-2)14-9-5-3-6-10-14/h3-12,22H,13H2,1-2H3. The number of hydrogen-bond donors (Lipinski definition) is 1. The molecule has 1 unspecified atom stereocenters. The fraction of sp³-hybridized carbons (Fsp3) is 0.222. The molecule has 0 saturated heterocycles. The number of ketones is 1. The summed E-state index contributed by atoms with van der Waals surface area (Å²) >= 11 is 0. The number of rotatable bonds is 7. The molecule has 0 aliphatic heterocycles. The predicted molar refractivity (Wildman–Crippen MR) is 88.2 cm³/mol. The van der Waals surface area contributed by atoms with Crippen LogP contribution in [0, 0.1) is 0 Å². The molecule has 0 aliphatic rings. The minimum Gasteiger partial charge on any atom is -0.369 e. The van der Waals surface area contributed by atoms with Gasteiger partial charge in [0.05, 0.1) is 7.11 Å². The predicted octanol–water partition coefficient (Wildman–Crippen LogP) is 1.68. The van der Waals surface area contributed by atoms with E-state index in [0.29, 0.717) is 5.69 Å². The lowest BCUT2D eigenvalue weighted by Gasteiger charge is -2.30. The second kappa shape index (κ2) is 7.83. The first-order chi connectivity index (χ1) is 11.5. The van der Waals surface area contributed by atoms with Gasteiger partial charge in [0.15, 0.2) is 0 Å². The molecule has 1 N–H and O–H groups in total. The van der Waals surface area contributed by atoms with Crippen LogP contribution in [-0.4, -0.2) is 37.6 Å². The molecule has 6 heteroatoms. The molecule has 0 aliphatic carbocycles. The first kappa shape index (κ1) is 17.8. The van der Waals surface area contributed by atoms with Gasteiger partial charge in [0.2, 0.25) is 11.4 Å². The maximum atomic E-state index is 12.9. The third-order valence-electron chi connectivity index (χ3n) is 3.66. The Balaban J connectivity index is 2.42. The lowest BCUT2D eigenvalue weighted by molar-refractivity contribution is -0.269. The topological polar surface area (TPSA) is 76.1 Å². The molecule has 0 saturated carbocycles. The lowest BCUT2D eigenvalue weighted by Crippen LogP contribution is -2.52. The van der Waals surface area contributed by atoms with Crippen LogP contribution >= 0.6 is 0 Å². The first-order valence-corrected chi connectivity index (χ1v) is 7.31. The maximum Gasteiger partial charge on any atom is 0.271 e. The molecule has 0 aromatic heterocycles. The van der Waals surface area contributed by atoms with Crippen LogP contribution in [0.4, 0.5) is 5.69 Å². The number of benzene rings is 2. The summed E-state index contributed by atoms with van der Waals surface area (Å²) in [6.45, 7) is -0.559. The van der Waals surface area contributed by atoms with E-state index in [1.807, 2.05) is 6.07 Å². The summed E-state index contributed by atoms with van der Waals surface area (Å²) in [7, 11) is 2.74. The number of likely N-dealkylation sites (N-methyl/N-ethyl adjacent to an activating group) is 1. The van der Waals surface area contributed by atoms with Crippen LogP contribution in [0.5, 0.6) is 0 Å². The van der Waals surface area contributed by atoms with Gasteiger partial charge in [0.1, 0.15) is 6.61 Å². The SMILES string of the molecule is COOCC(=O)C(O)(C(=O)N(C)c1ccccc1)c1ccccc1. The van der Waals surface area contributed by atoms with Gasteiger partial charge in [0, 0.05) is 18.3 Å². The highest BCUT2D eigenvalue weighted by Gasteiger charge is 2.47. The highest BCUT2D eigenvalue weighted by molar-refractivity contribution is 6.15. The van der Waals surface area contributed by atoms with Crippen molar-refractivity contribution >= 4 is 17.4 Å². The van der Waals surface area contributed by atoms with Gasteiger partial charge in [0.25, 0.3) is 5.91 Å². The van der Waals surface area contributed by atoms with Crippen molar-refractivity contribution in [2.75, 3.05) is 25.7 Å². The minimum atomic E-state index is -2.37. The monoisotopic (exact) mass is 329 g/mol. The number of carbonyl (C=O) groups excluding carboxylic acids is 2. The lowest BCUT2D eigenvalue weighted by atomic mass is 9.88. The number of amides is 1. The van der Waals surface area contributed by atoms with Gasteiger partial charge in [-0.3, -0.25) is 9.59 Å². The number of Topliss-reactive ketones (excluding diaryl/α,β-unsaturated/α-hetero) is 1. The Morgan fingerprint density at radius 3 is 2.12 bits per heavy atom. The molecule has 2 rings (SSSR count). The zero-order valence-electron chi connectivity index (χ0n) is 13.5. The minimum absolute atomic E-state index is 0.169. The van der Waals surface area contributed by atoms with Crippen molar-refractivity contribution in [2.45, 2.75) is 5.60 Å². The highest BCUT2D eigenvalue weighted by Crippen LogP contribution is 2.27. The Morgan fingerprint density at radius 2 is 1.58 bits per heavy atom. The van der Waals surface area contributed by atoms with Gasteiger partial charge in [-0.05, 0) is 12.1 Å². The number of hydrogen-bond acceptors (Lipinski definition) is 5. The third kappa shape index (κ3) is 3.51. The van der Waals surface area contributed by atoms with Gasteiger partial charge in [-0.15, -0.1) is 0 Å². The summed E-state index contributed by atoms with van der Waals surface area (Å²) in [5.41, 5.74) is -1.65. The second-order valence-electron chi connectivity index (χ2n) is 5.13. The number of anilines is 1. The molecular formula is C18H19NO5. The summed E-state index contributed by atoms with van der Waals surface area (Å²) < 4.78 is 0. The zero-order chi connectivity index (χ0) is 17.6. The van der Waals surface area contributed by atoms with Crippen LogP contribution < -0.4 is 4.90 Å². The number of carbonyl (C=O) groups is 2. The van der Waals surface area contributed by atoms with Crippen LogP contribution in [0.3, 0.4) is 0 Å². The Kier molecular flexibility index (Phi) is 5.81. The maximum absolute atomic E-state index is 12.9. The highest BCUT2D eigenvalue weighted by atomic mass is 17.2. The van der Waals surface area contributed by atoms with Crippen molar-refractivity contribution < 1.29 is 24.5 Å². The van der Waals surface area contributed by atoms with E-state index < -0.39 is 23.9 Å². The van der Waals surface area contributed by atoms with Crippen molar-refractivity contribution in [2.24, 2.45) is 0 Å². The molecule has 0 fully saturated rings. The van der Waals surface area contributed by atoms with Crippen molar-refractivity contribution in [1.82, 2.24) is 0 Å². The summed E-state index contributed by atoms with van der Waals surface area (Å²) in [6, 6.07) is 16.8. The van der Waals surface area contributed by atoms with E-state index in [2.05, 4.69) is 9.78 Å². The van der Waals surface area contributed by atoms with Gasteiger partial charge < -0.3 is 10.0 Å². The third-order valence-corrected chi connectivity index (χ3v) is 3.66. The van der Waals surface area contributed by atoms with Crippen LogP contribution in [0.1, 0.15) is 5.56 Å². The molecule has 2 aromatic rings. The molecule has 0 bridgehead atoms. The Bertz CT molecular complexity index is 689. The Labute approximate surface area is 140 Å². The normalized spacial score (nSPS) is 13.1. The Hall–Kier alpha value is -2.54. The molecular weight excluding hydrogens is 310 g/mol. The van der Waals surface area contributed by atoms with E-state index in [1.54, 1.807) is 42.5 Å². The van der Waals surface area contributed by atoms with E-state index >= 15 is 0 Å². The molecule has 0 spiro atoms. The average Bonchev–Trinajstić information content (AvgIpc) is 2.65. The molecule has 126 valence electrons. The van der Waals surface area contributed by atoms with E-state index in [4.69, 9.17) is 0 Å². The molecule has 0 radical (unpaired) electrons. The van der Waals surface area contributed by atoms with E-state index in [0.717, 1.165) is 0 Å². The molecule has 24 heavy (non-hydrogen) atoms. The zero-order valence-corrected chi connectivity index (χ0v) is 13.5. The summed E-state index contributed by atoms with van der Waals surface area (Å²) in [6.07, 6.45) is 0. The molecule has 1 atom stereocenters. The van der Waals surface area contributed by atoms with Crippen molar-refractivity contribution in [3.8, 4) is 0 Å². The van der Waals surface area contributed by atoms with Gasteiger partial charge in [-0.1, -0.05) is 48.5 Å². The number of aliphatic hydroxyl groups is 1. The van der Waals surface area contributed by atoms with Gasteiger partial charge >= 0.3 is 0 Å². The number of para-hydroxylation sites is 1. The Morgan fingerprint density at radius 1 is 1.04 bits per heavy atom. The van der Waals surface area contributed by atoms with Gasteiger partial charge in [-0.2, -0.15) is 0 Å². The van der Waals surface area contributed by atoms with E-state index in [-0.39, 0.29) is 5.56 Å². The molecule has 6 nitrogen and oxygen atoms in total. The number of nitrogens with zero attached hydrogens (tertiary/aromatic N) is 1. The van der Waals surface area contributed by atoms with Crippen molar-refractivity contribution in [3.63, 3.8) is 0 Å².